The SMILES string of the molecule is Cc1cc(N)cnc1NCCc1ccc(Br)s1. The number of thiophene rings is 1. The number of hydrogen-bond donors (Lipinski definition) is 2. The molecule has 5 heteroatoms. The fraction of sp³-hybridized carbons (Fsp3) is 0.250. The molecule has 0 aliphatic carbocycles. The quantitative estimate of drug-likeness (QED) is 0.909. The standard InChI is InChI=1S/C12H14BrN3S/c1-8-6-9(14)7-16-12(8)15-5-4-10-2-3-11(13)17-10/h2-3,6-7H,4-5,14H2,1H3,(H,15,16). The molecule has 3 nitrogen and oxygen atoms in total. The molecule has 2 aromatic heterocycles. The maximum Gasteiger partial charge on any atom is 0.129 e. The highest BCUT2D eigenvalue weighted by atomic mass is 79.9. The molecule has 0 bridgehead atoms. The van der Waals surface area contributed by atoms with Crippen molar-refractivity contribution in [3.05, 3.63) is 38.6 Å². The third-order valence-corrected chi connectivity index (χ3v) is 4.08. The van der Waals surface area contributed by atoms with E-state index in [2.05, 4.69) is 38.4 Å². The van der Waals surface area contributed by atoms with Gasteiger partial charge in [-0.05, 0) is 53.0 Å². The van der Waals surface area contributed by atoms with E-state index in [1.807, 2.05) is 13.0 Å². The van der Waals surface area contributed by atoms with Crippen LogP contribution in [0.4, 0.5) is 11.5 Å². The Bertz CT molecular complexity index is 510. The van der Waals surface area contributed by atoms with Gasteiger partial charge in [0.15, 0.2) is 0 Å². The van der Waals surface area contributed by atoms with Crippen LogP contribution in [0.5, 0.6) is 0 Å². The lowest BCUT2D eigenvalue weighted by Gasteiger charge is -2.08. The molecule has 90 valence electrons. The summed E-state index contributed by atoms with van der Waals surface area (Å²) in [6.07, 6.45) is 2.68. The molecule has 17 heavy (non-hydrogen) atoms. The van der Waals surface area contributed by atoms with E-state index >= 15 is 0 Å². The molecule has 2 heterocycles. The maximum atomic E-state index is 5.66. The van der Waals surface area contributed by atoms with Gasteiger partial charge in [-0.1, -0.05) is 0 Å². The predicted octanol–water partition coefficient (Wildman–Crippen LogP) is 3.45. The van der Waals surface area contributed by atoms with Gasteiger partial charge in [0.1, 0.15) is 5.82 Å². The van der Waals surface area contributed by atoms with Gasteiger partial charge in [0.25, 0.3) is 0 Å². The molecule has 3 N–H and O–H groups in total. The van der Waals surface area contributed by atoms with Crippen LogP contribution >= 0.6 is 27.3 Å². The molecule has 0 amide bonds. The van der Waals surface area contributed by atoms with Crippen LogP contribution in [0.1, 0.15) is 10.4 Å². The van der Waals surface area contributed by atoms with Gasteiger partial charge in [-0.2, -0.15) is 0 Å². The molecule has 2 rings (SSSR count). The Labute approximate surface area is 113 Å². The first-order chi connectivity index (χ1) is 8.15. The van der Waals surface area contributed by atoms with Gasteiger partial charge in [-0.3, -0.25) is 0 Å². The van der Waals surface area contributed by atoms with E-state index < -0.39 is 0 Å². The van der Waals surface area contributed by atoms with Crippen molar-refractivity contribution in [1.29, 1.82) is 0 Å². The Morgan fingerprint density at radius 1 is 1.47 bits per heavy atom. The largest absolute Gasteiger partial charge is 0.397 e. The maximum absolute atomic E-state index is 5.66. The lowest BCUT2D eigenvalue weighted by molar-refractivity contribution is 1.02. The third-order valence-electron chi connectivity index (χ3n) is 2.39. The Balaban J connectivity index is 1.90. The smallest absolute Gasteiger partial charge is 0.129 e. The summed E-state index contributed by atoms with van der Waals surface area (Å²) >= 11 is 5.23. The Morgan fingerprint density at radius 3 is 2.94 bits per heavy atom. The van der Waals surface area contributed by atoms with Crippen LogP contribution in [-0.4, -0.2) is 11.5 Å². The van der Waals surface area contributed by atoms with Crippen LogP contribution < -0.4 is 11.1 Å². The number of anilines is 2. The fourth-order valence-electron chi connectivity index (χ4n) is 1.57. The molecule has 0 fully saturated rings. The first kappa shape index (κ1) is 12.4. The van der Waals surface area contributed by atoms with Gasteiger partial charge in [-0.25, -0.2) is 4.98 Å². The minimum atomic E-state index is 0.704. The number of aryl methyl sites for hydroxylation is 1. The molecule has 0 saturated heterocycles. The van der Waals surface area contributed by atoms with Crippen molar-refractivity contribution in [1.82, 2.24) is 4.98 Å². The van der Waals surface area contributed by atoms with Gasteiger partial charge < -0.3 is 11.1 Å². The summed E-state index contributed by atoms with van der Waals surface area (Å²) in [4.78, 5) is 5.63. The van der Waals surface area contributed by atoms with Crippen LogP contribution in [0.3, 0.4) is 0 Å². The summed E-state index contributed by atoms with van der Waals surface area (Å²) in [7, 11) is 0. The molecule has 0 aliphatic heterocycles. The molecule has 0 aromatic carbocycles. The first-order valence-electron chi connectivity index (χ1n) is 5.35. The van der Waals surface area contributed by atoms with Crippen molar-refractivity contribution < 1.29 is 0 Å². The van der Waals surface area contributed by atoms with Crippen LogP contribution in [-0.2, 0) is 6.42 Å². The summed E-state index contributed by atoms with van der Waals surface area (Å²) < 4.78 is 1.18. The van der Waals surface area contributed by atoms with E-state index in [-0.39, 0.29) is 0 Å². The molecule has 0 radical (unpaired) electrons. The van der Waals surface area contributed by atoms with E-state index in [4.69, 9.17) is 5.73 Å². The van der Waals surface area contributed by atoms with E-state index in [0.29, 0.717) is 5.69 Å². The predicted molar refractivity (Wildman–Crippen MR) is 77.6 cm³/mol. The second-order valence-electron chi connectivity index (χ2n) is 3.82. The van der Waals surface area contributed by atoms with Crippen molar-refractivity contribution in [2.45, 2.75) is 13.3 Å². The lowest BCUT2D eigenvalue weighted by atomic mass is 10.2. The number of rotatable bonds is 4. The Kier molecular flexibility index (Phi) is 4.02. The van der Waals surface area contributed by atoms with Crippen molar-refractivity contribution in [2.24, 2.45) is 0 Å². The van der Waals surface area contributed by atoms with Gasteiger partial charge in [0.2, 0.25) is 0 Å². The number of nitrogens with zero attached hydrogens (tertiary/aromatic N) is 1. The average molecular weight is 312 g/mol. The number of nitrogens with one attached hydrogen (secondary N) is 1. The molecule has 2 aromatic rings. The van der Waals surface area contributed by atoms with Gasteiger partial charge in [0, 0.05) is 11.4 Å². The van der Waals surface area contributed by atoms with Crippen molar-refractivity contribution >= 4 is 38.8 Å². The lowest BCUT2D eigenvalue weighted by Crippen LogP contribution is -2.07. The van der Waals surface area contributed by atoms with Gasteiger partial charge in [0.05, 0.1) is 15.7 Å². The van der Waals surface area contributed by atoms with Gasteiger partial charge in [-0.15, -0.1) is 11.3 Å². The molecule has 0 atom stereocenters. The topological polar surface area (TPSA) is 50.9 Å². The Hall–Kier alpha value is -1.07. The number of hydrogen-bond acceptors (Lipinski definition) is 4. The zero-order chi connectivity index (χ0) is 12.3. The summed E-state index contributed by atoms with van der Waals surface area (Å²) in [6.45, 7) is 2.89. The minimum Gasteiger partial charge on any atom is -0.397 e. The molecule has 0 unspecified atom stereocenters. The molecule has 0 aliphatic rings. The summed E-state index contributed by atoms with van der Waals surface area (Å²) in [5, 5.41) is 3.32. The zero-order valence-electron chi connectivity index (χ0n) is 9.53. The highest BCUT2D eigenvalue weighted by molar-refractivity contribution is 9.11. The van der Waals surface area contributed by atoms with Crippen LogP contribution in [0.25, 0.3) is 0 Å². The number of aromatic nitrogens is 1. The van der Waals surface area contributed by atoms with Crippen LogP contribution in [0.15, 0.2) is 28.2 Å². The third kappa shape index (κ3) is 3.44. The summed E-state index contributed by atoms with van der Waals surface area (Å²) in [5.74, 6) is 0.912. The van der Waals surface area contributed by atoms with E-state index in [9.17, 15) is 0 Å². The molecular weight excluding hydrogens is 298 g/mol. The van der Waals surface area contributed by atoms with Crippen LogP contribution in [0, 0.1) is 6.92 Å². The number of pyridine rings is 1. The monoisotopic (exact) mass is 311 g/mol. The minimum absolute atomic E-state index is 0.704. The molecule has 0 saturated carbocycles. The fourth-order valence-corrected chi connectivity index (χ4v) is 3.05. The zero-order valence-corrected chi connectivity index (χ0v) is 11.9. The molecular formula is C12H14BrN3S. The second kappa shape index (κ2) is 5.51. The van der Waals surface area contributed by atoms with Gasteiger partial charge >= 0.3 is 0 Å². The number of halogens is 1. The Morgan fingerprint density at radius 2 is 2.29 bits per heavy atom. The van der Waals surface area contributed by atoms with E-state index in [1.54, 1.807) is 17.5 Å². The first-order valence-corrected chi connectivity index (χ1v) is 6.96. The highest BCUT2D eigenvalue weighted by Gasteiger charge is 2.01. The van der Waals surface area contributed by atoms with E-state index in [1.165, 1.54) is 8.66 Å². The normalized spacial score (nSPS) is 10.5. The summed E-state index contributed by atoms with van der Waals surface area (Å²) in [5.41, 5.74) is 7.44. The van der Waals surface area contributed by atoms with Crippen molar-refractivity contribution in [3.8, 4) is 0 Å². The number of nitrogens with two attached hydrogens (primary N) is 1. The highest BCUT2D eigenvalue weighted by Crippen LogP contribution is 2.22. The molecule has 0 spiro atoms. The van der Waals surface area contributed by atoms with Crippen molar-refractivity contribution in [3.63, 3.8) is 0 Å². The summed E-state index contributed by atoms with van der Waals surface area (Å²) in [6, 6.07) is 6.14. The number of nitrogen functional groups attached to an aromatic ring is 1. The van der Waals surface area contributed by atoms with Crippen molar-refractivity contribution in [2.75, 3.05) is 17.6 Å². The van der Waals surface area contributed by atoms with E-state index in [0.717, 1.165) is 24.3 Å². The average Bonchev–Trinajstić information content (AvgIpc) is 2.68. The second-order valence-corrected chi connectivity index (χ2v) is 6.36. The van der Waals surface area contributed by atoms with Crippen LogP contribution in [0.2, 0.25) is 0 Å².